The lowest BCUT2D eigenvalue weighted by atomic mass is 10.1. The third-order valence-corrected chi connectivity index (χ3v) is 4.91. The number of urea groups is 1. The minimum Gasteiger partial charge on any atom is -0.474 e. The Balaban J connectivity index is 1.54. The minimum atomic E-state index is -0.0950. The van der Waals surface area contributed by atoms with Gasteiger partial charge in [-0.1, -0.05) is 13.8 Å². The van der Waals surface area contributed by atoms with E-state index < -0.39 is 0 Å². The van der Waals surface area contributed by atoms with Gasteiger partial charge in [-0.2, -0.15) is 0 Å². The van der Waals surface area contributed by atoms with Gasteiger partial charge in [0.1, 0.15) is 6.10 Å². The lowest BCUT2D eigenvalue weighted by molar-refractivity contribution is 0.0273. The molecule has 1 atom stereocenters. The van der Waals surface area contributed by atoms with Crippen LogP contribution in [0.25, 0.3) is 0 Å². The molecule has 0 radical (unpaired) electrons. The van der Waals surface area contributed by atoms with Gasteiger partial charge in [0, 0.05) is 25.8 Å². The molecule has 25 heavy (non-hydrogen) atoms. The summed E-state index contributed by atoms with van der Waals surface area (Å²) in [5.41, 5.74) is 0.690. The third kappa shape index (κ3) is 5.08. The van der Waals surface area contributed by atoms with Gasteiger partial charge in [-0.05, 0) is 44.1 Å². The quantitative estimate of drug-likeness (QED) is 0.902. The molecular formula is C19H29N3O3. The average molecular weight is 347 g/mol. The SMILES string of the molecule is CC(C)C1CN(C(=O)Nc2ccc(OC3CCCC3)nc2)CCCO1. The summed E-state index contributed by atoms with van der Waals surface area (Å²) < 4.78 is 11.7. The highest BCUT2D eigenvalue weighted by molar-refractivity contribution is 5.89. The molecule has 1 aromatic heterocycles. The Morgan fingerprint density at radius 1 is 1.32 bits per heavy atom. The Morgan fingerprint density at radius 3 is 2.80 bits per heavy atom. The fourth-order valence-electron chi connectivity index (χ4n) is 3.34. The molecule has 1 N–H and O–H groups in total. The second kappa shape index (κ2) is 8.52. The summed E-state index contributed by atoms with van der Waals surface area (Å²) in [6.45, 7) is 6.30. The molecule has 2 amide bonds. The molecule has 1 saturated heterocycles. The van der Waals surface area contributed by atoms with Crippen LogP contribution >= 0.6 is 0 Å². The Hall–Kier alpha value is -1.82. The van der Waals surface area contributed by atoms with Gasteiger partial charge in [0.2, 0.25) is 5.88 Å². The van der Waals surface area contributed by atoms with Crippen molar-refractivity contribution < 1.29 is 14.3 Å². The van der Waals surface area contributed by atoms with E-state index in [-0.39, 0.29) is 18.2 Å². The normalized spacial score (nSPS) is 22.0. The zero-order chi connectivity index (χ0) is 17.6. The molecule has 1 aliphatic heterocycles. The van der Waals surface area contributed by atoms with Crippen LogP contribution in [0.1, 0.15) is 46.0 Å². The number of aromatic nitrogens is 1. The predicted octanol–water partition coefficient (Wildman–Crippen LogP) is 3.68. The number of anilines is 1. The molecule has 2 fully saturated rings. The van der Waals surface area contributed by atoms with Gasteiger partial charge < -0.3 is 19.7 Å². The largest absolute Gasteiger partial charge is 0.474 e. The van der Waals surface area contributed by atoms with E-state index in [0.29, 0.717) is 37.2 Å². The molecule has 6 heteroatoms. The Morgan fingerprint density at radius 2 is 2.12 bits per heavy atom. The first-order valence-corrected chi connectivity index (χ1v) is 9.42. The fourth-order valence-corrected chi connectivity index (χ4v) is 3.34. The summed E-state index contributed by atoms with van der Waals surface area (Å²) >= 11 is 0. The fraction of sp³-hybridized carbons (Fsp3) is 0.684. The molecule has 6 nitrogen and oxygen atoms in total. The van der Waals surface area contributed by atoms with Crippen molar-refractivity contribution in [2.45, 2.75) is 58.2 Å². The van der Waals surface area contributed by atoms with E-state index in [1.54, 1.807) is 6.20 Å². The molecule has 1 unspecified atom stereocenters. The molecule has 2 heterocycles. The number of hydrogen-bond donors (Lipinski definition) is 1. The maximum Gasteiger partial charge on any atom is 0.321 e. The molecular weight excluding hydrogens is 318 g/mol. The maximum absolute atomic E-state index is 12.6. The van der Waals surface area contributed by atoms with E-state index in [2.05, 4.69) is 24.1 Å². The predicted molar refractivity (Wildman–Crippen MR) is 96.9 cm³/mol. The van der Waals surface area contributed by atoms with Gasteiger partial charge in [-0.15, -0.1) is 0 Å². The molecule has 0 aromatic carbocycles. The van der Waals surface area contributed by atoms with Crippen molar-refractivity contribution in [2.75, 3.05) is 25.0 Å². The first-order valence-electron chi connectivity index (χ1n) is 9.42. The number of rotatable bonds is 4. The Labute approximate surface area is 149 Å². The zero-order valence-electron chi connectivity index (χ0n) is 15.2. The van der Waals surface area contributed by atoms with Crippen LogP contribution in [-0.2, 0) is 4.74 Å². The van der Waals surface area contributed by atoms with Crippen molar-refractivity contribution in [2.24, 2.45) is 5.92 Å². The van der Waals surface area contributed by atoms with Crippen LogP contribution < -0.4 is 10.1 Å². The molecule has 138 valence electrons. The van der Waals surface area contributed by atoms with Crippen LogP contribution in [0.4, 0.5) is 10.5 Å². The molecule has 1 saturated carbocycles. The molecule has 2 aliphatic rings. The first kappa shape index (κ1) is 18.0. The molecule has 3 rings (SSSR count). The number of carbonyl (C=O) groups excluding carboxylic acids is 1. The lowest BCUT2D eigenvalue weighted by Gasteiger charge is -2.26. The van der Waals surface area contributed by atoms with Crippen LogP contribution in [0.3, 0.4) is 0 Å². The summed E-state index contributed by atoms with van der Waals surface area (Å²) in [7, 11) is 0. The van der Waals surface area contributed by atoms with Gasteiger partial charge in [0.15, 0.2) is 0 Å². The van der Waals surface area contributed by atoms with Crippen LogP contribution in [0, 0.1) is 5.92 Å². The van der Waals surface area contributed by atoms with Gasteiger partial charge in [0.25, 0.3) is 0 Å². The smallest absolute Gasteiger partial charge is 0.321 e. The van der Waals surface area contributed by atoms with E-state index in [1.165, 1.54) is 12.8 Å². The van der Waals surface area contributed by atoms with E-state index in [4.69, 9.17) is 9.47 Å². The van der Waals surface area contributed by atoms with Gasteiger partial charge in [-0.3, -0.25) is 0 Å². The van der Waals surface area contributed by atoms with Crippen molar-refractivity contribution in [3.63, 3.8) is 0 Å². The van der Waals surface area contributed by atoms with Crippen molar-refractivity contribution in [1.29, 1.82) is 0 Å². The van der Waals surface area contributed by atoms with Crippen LogP contribution in [0.2, 0.25) is 0 Å². The number of ether oxygens (including phenoxy) is 2. The number of nitrogens with one attached hydrogen (secondary N) is 1. The lowest BCUT2D eigenvalue weighted by Crippen LogP contribution is -2.41. The monoisotopic (exact) mass is 347 g/mol. The number of hydrogen-bond acceptors (Lipinski definition) is 4. The summed E-state index contributed by atoms with van der Waals surface area (Å²) in [6.07, 6.45) is 7.58. The maximum atomic E-state index is 12.6. The van der Waals surface area contributed by atoms with E-state index in [0.717, 1.165) is 19.3 Å². The molecule has 0 spiro atoms. The Kier molecular flexibility index (Phi) is 6.13. The van der Waals surface area contributed by atoms with Crippen molar-refractivity contribution >= 4 is 11.7 Å². The standard InChI is InChI=1S/C19H29N3O3/c1-14(2)17-13-22(10-5-11-24-17)19(23)21-15-8-9-18(20-12-15)25-16-6-3-4-7-16/h8-9,12,14,16-17H,3-7,10-11,13H2,1-2H3,(H,21,23). The summed E-state index contributed by atoms with van der Waals surface area (Å²) in [6, 6.07) is 3.59. The topological polar surface area (TPSA) is 63.7 Å². The van der Waals surface area contributed by atoms with Gasteiger partial charge in [0.05, 0.1) is 18.0 Å². The zero-order valence-corrected chi connectivity index (χ0v) is 15.2. The number of amides is 2. The molecule has 1 aromatic rings. The van der Waals surface area contributed by atoms with Crippen LogP contribution in [-0.4, -0.2) is 47.8 Å². The summed E-state index contributed by atoms with van der Waals surface area (Å²) in [5, 5.41) is 2.93. The van der Waals surface area contributed by atoms with E-state index in [1.807, 2.05) is 17.0 Å². The van der Waals surface area contributed by atoms with Crippen molar-refractivity contribution in [3.8, 4) is 5.88 Å². The van der Waals surface area contributed by atoms with E-state index >= 15 is 0 Å². The highest BCUT2D eigenvalue weighted by Crippen LogP contribution is 2.23. The van der Waals surface area contributed by atoms with E-state index in [9.17, 15) is 4.79 Å². The summed E-state index contributed by atoms with van der Waals surface area (Å²) in [5.74, 6) is 1.02. The number of pyridine rings is 1. The minimum absolute atomic E-state index is 0.0913. The molecule has 1 aliphatic carbocycles. The van der Waals surface area contributed by atoms with Crippen LogP contribution in [0.15, 0.2) is 18.3 Å². The van der Waals surface area contributed by atoms with Crippen molar-refractivity contribution in [3.05, 3.63) is 18.3 Å². The highest BCUT2D eigenvalue weighted by atomic mass is 16.5. The first-order chi connectivity index (χ1) is 12.1. The average Bonchev–Trinajstić information content (AvgIpc) is 2.97. The highest BCUT2D eigenvalue weighted by Gasteiger charge is 2.24. The number of nitrogens with zero attached hydrogens (tertiary/aromatic N) is 2. The summed E-state index contributed by atoms with van der Waals surface area (Å²) in [4.78, 5) is 18.7. The number of carbonyl (C=O) groups is 1. The van der Waals surface area contributed by atoms with Crippen LogP contribution in [0.5, 0.6) is 5.88 Å². The van der Waals surface area contributed by atoms with Gasteiger partial charge >= 0.3 is 6.03 Å². The van der Waals surface area contributed by atoms with Gasteiger partial charge in [-0.25, -0.2) is 9.78 Å². The Bertz CT molecular complexity index is 556. The third-order valence-electron chi connectivity index (χ3n) is 4.91. The second-order valence-corrected chi connectivity index (χ2v) is 7.29. The second-order valence-electron chi connectivity index (χ2n) is 7.29. The molecule has 0 bridgehead atoms. The van der Waals surface area contributed by atoms with Crippen molar-refractivity contribution in [1.82, 2.24) is 9.88 Å².